The van der Waals surface area contributed by atoms with Crippen molar-refractivity contribution in [1.29, 1.82) is 0 Å². The van der Waals surface area contributed by atoms with Crippen molar-refractivity contribution in [2.75, 3.05) is 17.6 Å². The van der Waals surface area contributed by atoms with E-state index in [1.165, 1.54) is 4.88 Å². The van der Waals surface area contributed by atoms with Crippen LogP contribution in [0.1, 0.15) is 24.4 Å². The van der Waals surface area contributed by atoms with Crippen LogP contribution in [-0.2, 0) is 5.41 Å². The number of thiophene rings is 1. The van der Waals surface area contributed by atoms with Crippen LogP contribution >= 0.6 is 11.3 Å². The number of anilines is 2. The molecule has 0 bridgehead atoms. The largest absolute Gasteiger partial charge is 0.397 e. The lowest BCUT2D eigenvalue weighted by molar-refractivity contribution is 0.568. The van der Waals surface area contributed by atoms with Gasteiger partial charge in [-0.15, -0.1) is 11.3 Å². The number of nitrogens with zero attached hydrogens (tertiary/aromatic N) is 1. The highest BCUT2D eigenvalue weighted by Gasteiger charge is 2.21. The van der Waals surface area contributed by atoms with E-state index in [1.54, 1.807) is 11.3 Å². The van der Waals surface area contributed by atoms with Crippen LogP contribution in [0.15, 0.2) is 29.6 Å². The zero-order valence-electron chi connectivity index (χ0n) is 11.0. The lowest BCUT2D eigenvalue weighted by Gasteiger charge is -2.24. The molecule has 2 aromatic rings. The standard InChI is InChI=1S/C14H19N3S/c1-10-11(15)6-7-13(17-10)16-9-14(2,3)12-5-4-8-18-12/h4-8H,9,15H2,1-3H3,(H,16,17). The zero-order chi connectivity index (χ0) is 13.2. The highest BCUT2D eigenvalue weighted by Crippen LogP contribution is 2.27. The molecule has 0 saturated carbocycles. The number of nitrogens with two attached hydrogens (primary N) is 1. The van der Waals surface area contributed by atoms with E-state index >= 15 is 0 Å². The lowest BCUT2D eigenvalue weighted by atomic mass is 9.91. The molecule has 0 aromatic carbocycles. The molecule has 0 atom stereocenters. The molecule has 0 amide bonds. The minimum atomic E-state index is 0.102. The summed E-state index contributed by atoms with van der Waals surface area (Å²) in [7, 11) is 0. The molecule has 0 aliphatic heterocycles. The molecule has 0 aliphatic rings. The summed E-state index contributed by atoms with van der Waals surface area (Å²) < 4.78 is 0. The molecule has 2 heterocycles. The van der Waals surface area contributed by atoms with Gasteiger partial charge in [-0.05, 0) is 30.5 Å². The Morgan fingerprint density at radius 2 is 2.11 bits per heavy atom. The summed E-state index contributed by atoms with van der Waals surface area (Å²) in [6.07, 6.45) is 0. The molecule has 0 radical (unpaired) electrons. The van der Waals surface area contributed by atoms with Gasteiger partial charge in [0, 0.05) is 16.8 Å². The SMILES string of the molecule is Cc1nc(NCC(C)(C)c2cccs2)ccc1N. The van der Waals surface area contributed by atoms with E-state index in [4.69, 9.17) is 5.73 Å². The fourth-order valence-electron chi connectivity index (χ4n) is 1.73. The smallest absolute Gasteiger partial charge is 0.126 e. The van der Waals surface area contributed by atoms with Gasteiger partial charge in [0.05, 0.1) is 11.4 Å². The topological polar surface area (TPSA) is 50.9 Å². The minimum Gasteiger partial charge on any atom is -0.397 e. The number of pyridine rings is 1. The molecule has 0 fully saturated rings. The highest BCUT2D eigenvalue weighted by atomic mass is 32.1. The normalized spacial score (nSPS) is 11.5. The third-order valence-corrected chi connectivity index (χ3v) is 4.26. The molecule has 3 nitrogen and oxygen atoms in total. The third kappa shape index (κ3) is 2.82. The summed E-state index contributed by atoms with van der Waals surface area (Å²) >= 11 is 1.79. The first-order chi connectivity index (χ1) is 8.49. The van der Waals surface area contributed by atoms with E-state index in [2.05, 4.69) is 41.7 Å². The van der Waals surface area contributed by atoms with Crippen LogP contribution in [0.4, 0.5) is 11.5 Å². The van der Waals surface area contributed by atoms with Crippen LogP contribution in [0.2, 0.25) is 0 Å². The summed E-state index contributed by atoms with van der Waals surface area (Å²) in [4.78, 5) is 5.80. The minimum absolute atomic E-state index is 0.102. The van der Waals surface area contributed by atoms with Crippen LogP contribution in [0.5, 0.6) is 0 Å². The molecule has 2 rings (SSSR count). The van der Waals surface area contributed by atoms with E-state index in [1.807, 2.05) is 19.1 Å². The van der Waals surface area contributed by atoms with Crippen molar-refractivity contribution in [3.63, 3.8) is 0 Å². The Labute approximate surface area is 112 Å². The van der Waals surface area contributed by atoms with Crippen LogP contribution in [-0.4, -0.2) is 11.5 Å². The predicted molar refractivity (Wildman–Crippen MR) is 79.2 cm³/mol. The molecular weight excluding hydrogens is 242 g/mol. The first-order valence-electron chi connectivity index (χ1n) is 6.00. The van der Waals surface area contributed by atoms with Crippen LogP contribution in [0.3, 0.4) is 0 Å². The monoisotopic (exact) mass is 261 g/mol. The van der Waals surface area contributed by atoms with Gasteiger partial charge in [0.1, 0.15) is 5.82 Å². The van der Waals surface area contributed by atoms with Gasteiger partial charge in [0.2, 0.25) is 0 Å². The molecule has 2 aromatic heterocycles. The highest BCUT2D eigenvalue weighted by molar-refractivity contribution is 7.10. The van der Waals surface area contributed by atoms with Crippen molar-refractivity contribution in [2.24, 2.45) is 0 Å². The predicted octanol–water partition coefficient (Wildman–Crippen LogP) is 3.42. The second-order valence-electron chi connectivity index (χ2n) is 5.09. The number of aromatic nitrogens is 1. The molecule has 0 aliphatic carbocycles. The van der Waals surface area contributed by atoms with Gasteiger partial charge in [0.15, 0.2) is 0 Å². The number of rotatable bonds is 4. The van der Waals surface area contributed by atoms with E-state index in [9.17, 15) is 0 Å². The van der Waals surface area contributed by atoms with Crippen molar-refractivity contribution in [3.8, 4) is 0 Å². The van der Waals surface area contributed by atoms with Gasteiger partial charge < -0.3 is 11.1 Å². The zero-order valence-corrected chi connectivity index (χ0v) is 11.8. The quantitative estimate of drug-likeness (QED) is 0.886. The maximum absolute atomic E-state index is 5.76. The van der Waals surface area contributed by atoms with Crippen molar-refractivity contribution in [1.82, 2.24) is 4.98 Å². The molecule has 0 spiro atoms. The fourth-order valence-corrected chi connectivity index (χ4v) is 2.58. The van der Waals surface area contributed by atoms with E-state index in [0.717, 1.165) is 23.7 Å². The average Bonchev–Trinajstić information content (AvgIpc) is 2.85. The Hall–Kier alpha value is -1.55. The molecule has 0 unspecified atom stereocenters. The fraction of sp³-hybridized carbons (Fsp3) is 0.357. The maximum Gasteiger partial charge on any atom is 0.126 e. The first-order valence-corrected chi connectivity index (χ1v) is 6.88. The number of hydrogen-bond acceptors (Lipinski definition) is 4. The van der Waals surface area contributed by atoms with Gasteiger partial charge in [-0.3, -0.25) is 0 Å². The van der Waals surface area contributed by atoms with Gasteiger partial charge in [-0.1, -0.05) is 19.9 Å². The molecule has 3 N–H and O–H groups in total. The number of nitrogen functional groups attached to an aromatic ring is 1. The molecule has 96 valence electrons. The van der Waals surface area contributed by atoms with Gasteiger partial charge in [0.25, 0.3) is 0 Å². The van der Waals surface area contributed by atoms with Crippen LogP contribution in [0, 0.1) is 6.92 Å². The molecule has 4 heteroatoms. The van der Waals surface area contributed by atoms with E-state index in [-0.39, 0.29) is 5.41 Å². The number of nitrogens with one attached hydrogen (secondary N) is 1. The third-order valence-electron chi connectivity index (χ3n) is 3.03. The Kier molecular flexibility index (Phi) is 3.57. The summed E-state index contributed by atoms with van der Waals surface area (Å²) in [5.74, 6) is 0.881. The molecule has 18 heavy (non-hydrogen) atoms. The van der Waals surface area contributed by atoms with Crippen molar-refractivity contribution >= 4 is 22.8 Å². The van der Waals surface area contributed by atoms with E-state index < -0.39 is 0 Å². The van der Waals surface area contributed by atoms with Gasteiger partial charge >= 0.3 is 0 Å². The Morgan fingerprint density at radius 1 is 1.33 bits per heavy atom. The summed E-state index contributed by atoms with van der Waals surface area (Å²) in [5, 5.41) is 5.50. The second kappa shape index (κ2) is 4.98. The Morgan fingerprint density at radius 3 is 2.72 bits per heavy atom. The van der Waals surface area contributed by atoms with Gasteiger partial charge in [-0.25, -0.2) is 4.98 Å². The summed E-state index contributed by atoms with van der Waals surface area (Å²) in [6, 6.07) is 8.08. The Balaban J connectivity index is 2.05. The van der Waals surface area contributed by atoms with Gasteiger partial charge in [-0.2, -0.15) is 0 Å². The summed E-state index contributed by atoms with van der Waals surface area (Å²) in [5.41, 5.74) is 7.47. The van der Waals surface area contributed by atoms with Crippen LogP contribution < -0.4 is 11.1 Å². The summed E-state index contributed by atoms with van der Waals surface area (Å²) in [6.45, 7) is 7.24. The number of hydrogen-bond donors (Lipinski definition) is 2. The average molecular weight is 261 g/mol. The maximum atomic E-state index is 5.76. The lowest BCUT2D eigenvalue weighted by Crippen LogP contribution is -2.26. The van der Waals surface area contributed by atoms with E-state index in [0.29, 0.717) is 0 Å². The van der Waals surface area contributed by atoms with Crippen molar-refractivity contribution in [3.05, 3.63) is 40.2 Å². The molecular formula is C14H19N3S. The Bertz CT molecular complexity index is 518. The van der Waals surface area contributed by atoms with Crippen molar-refractivity contribution < 1.29 is 0 Å². The second-order valence-corrected chi connectivity index (χ2v) is 6.03. The van der Waals surface area contributed by atoms with Crippen LogP contribution in [0.25, 0.3) is 0 Å². The molecule has 0 saturated heterocycles. The number of aryl methyl sites for hydroxylation is 1. The van der Waals surface area contributed by atoms with Crippen molar-refractivity contribution in [2.45, 2.75) is 26.2 Å². The first kappa shape index (κ1) is 12.9.